The molecule has 1 atom stereocenters. The SMILES string of the molecule is Cc1nn(-c2ccc(F)cc2)c2sc(C(=O)NN3C(=O)NC(C)(CCc4ccccc4)C3=O)cc12. The van der Waals surface area contributed by atoms with Crippen LogP contribution in [0, 0.1) is 12.7 Å². The Hall–Kier alpha value is -4.05. The predicted molar refractivity (Wildman–Crippen MR) is 130 cm³/mol. The summed E-state index contributed by atoms with van der Waals surface area (Å²) in [4.78, 5) is 39.6. The van der Waals surface area contributed by atoms with Gasteiger partial charge in [-0.2, -0.15) is 10.1 Å². The van der Waals surface area contributed by atoms with E-state index in [0.717, 1.165) is 16.0 Å². The molecule has 1 fully saturated rings. The molecule has 1 aliphatic heterocycles. The molecule has 4 amide bonds. The lowest BCUT2D eigenvalue weighted by Gasteiger charge is -2.21. The Morgan fingerprint density at radius 1 is 1.14 bits per heavy atom. The van der Waals surface area contributed by atoms with Crippen LogP contribution in [0.5, 0.6) is 0 Å². The third kappa shape index (κ3) is 4.17. The lowest BCUT2D eigenvalue weighted by atomic mass is 9.93. The second-order valence-corrected chi connectivity index (χ2v) is 9.66. The van der Waals surface area contributed by atoms with Crippen LogP contribution in [-0.2, 0) is 11.2 Å². The number of imide groups is 1. The molecule has 2 N–H and O–H groups in total. The molecule has 1 unspecified atom stereocenters. The largest absolute Gasteiger partial charge is 0.344 e. The summed E-state index contributed by atoms with van der Waals surface area (Å²) in [5, 5.41) is 8.70. The maximum Gasteiger partial charge on any atom is 0.344 e. The average Bonchev–Trinajstić information content (AvgIpc) is 3.48. The first-order valence-electron chi connectivity index (χ1n) is 11.0. The number of fused-ring (bicyclic) bond motifs is 1. The number of thiophene rings is 1. The molecule has 2 aromatic heterocycles. The van der Waals surface area contributed by atoms with Crippen LogP contribution in [0.1, 0.15) is 34.3 Å². The highest BCUT2D eigenvalue weighted by molar-refractivity contribution is 7.20. The van der Waals surface area contributed by atoms with Crippen LogP contribution in [0.25, 0.3) is 15.9 Å². The highest BCUT2D eigenvalue weighted by atomic mass is 32.1. The van der Waals surface area contributed by atoms with Gasteiger partial charge in [0.15, 0.2) is 0 Å². The number of hydrogen-bond donors (Lipinski definition) is 2. The van der Waals surface area contributed by atoms with E-state index in [-0.39, 0.29) is 5.82 Å². The van der Waals surface area contributed by atoms with E-state index in [4.69, 9.17) is 0 Å². The second kappa shape index (κ2) is 8.62. The maximum atomic E-state index is 13.3. The number of rotatable bonds is 6. The van der Waals surface area contributed by atoms with Crippen molar-refractivity contribution in [1.29, 1.82) is 0 Å². The molecule has 8 nitrogen and oxygen atoms in total. The standard InChI is InChI=1S/C25H22FN5O3S/c1-15-19-14-20(35-22(19)30(28-15)18-10-8-17(26)9-11-18)21(32)29-31-23(33)25(2,27-24(31)34)13-12-16-6-4-3-5-7-16/h3-11,14H,12-13H2,1-2H3,(H,27,34)(H,29,32). The van der Waals surface area contributed by atoms with Gasteiger partial charge in [0.1, 0.15) is 16.2 Å². The summed E-state index contributed by atoms with van der Waals surface area (Å²) in [5.41, 5.74) is 3.73. The van der Waals surface area contributed by atoms with Crippen molar-refractivity contribution in [1.82, 2.24) is 25.5 Å². The van der Waals surface area contributed by atoms with Gasteiger partial charge >= 0.3 is 6.03 Å². The number of carbonyl (C=O) groups is 3. The second-order valence-electron chi connectivity index (χ2n) is 8.63. The van der Waals surface area contributed by atoms with Gasteiger partial charge < -0.3 is 5.32 Å². The smallest absolute Gasteiger partial charge is 0.322 e. The lowest BCUT2D eigenvalue weighted by Crippen LogP contribution is -2.48. The molecule has 0 aliphatic carbocycles. The van der Waals surface area contributed by atoms with E-state index in [9.17, 15) is 18.8 Å². The minimum Gasteiger partial charge on any atom is -0.322 e. The third-order valence-electron chi connectivity index (χ3n) is 6.07. The first kappa shape index (κ1) is 22.7. The monoisotopic (exact) mass is 491 g/mol. The summed E-state index contributed by atoms with van der Waals surface area (Å²) in [6, 6.07) is 16.5. The van der Waals surface area contributed by atoms with Crippen molar-refractivity contribution >= 4 is 39.4 Å². The number of aryl methyl sites for hydroxylation is 2. The van der Waals surface area contributed by atoms with Crippen LogP contribution >= 0.6 is 11.3 Å². The van der Waals surface area contributed by atoms with E-state index in [1.54, 1.807) is 29.8 Å². The fraction of sp³-hybridized carbons (Fsp3) is 0.200. The number of aromatic nitrogens is 2. The van der Waals surface area contributed by atoms with Crippen LogP contribution < -0.4 is 10.7 Å². The maximum absolute atomic E-state index is 13.3. The van der Waals surface area contributed by atoms with Gasteiger partial charge in [0.05, 0.1) is 16.3 Å². The Morgan fingerprint density at radius 2 is 1.86 bits per heavy atom. The number of benzene rings is 2. The lowest BCUT2D eigenvalue weighted by molar-refractivity contribution is -0.132. The molecule has 5 rings (SSSR count). The van der Waals surface area contributed by atoms with Crippen molar-refractivity contribution in [2.75, 3.05) is 0 Å². The summed E-state index contributed by atoms with van der Waals surface area (Å²) in [6.45, 7) is 3.47. The topological polar surface area (TPSA) is 96.3 Å². The van der Waals surface area contributed by atoms with Crippen LogP contribution in [0.15, 0.2) is 60.7 Å². The zero-order valence-corrected chi connectivity index (χ0v) is 19.9. The van der Waals surface area contributed by atoms with E-state index in [2.05, 4.69) is 15.8 Å². The van der Waals surface area contributed by atoms with Crippen LogP contribution in [0.3, 0.4) is 0 Å². The van der Waals surface area contributed by atoms with Crippen molar-refractivity contribution < 1.29 is 18.8 Å². The Bertz CT molecular complexity index is 1450. The normalized spacial score (nSPS) is 17.7. The molecule has 35 heavy (non-hydrogen) atoms. The number of urea groups is 1. The summed E-state index contributed by atoms with van der Waals surface area (Å²) in [5.74, 6) is -1.45. The van der Waals surface area contributed by atoms with Gasteiger partial charge in [-0.15, -0.1) is 11.3 Å². The van der Waals surface area contributed by atoms with Crippen molar-refractivity contribution in [2.24, 2.45) is 0 Å². The number of hydrazine groups is 1. The highest BCUT2D eigenvalue weighted by Gasteiger charge is 2.48. The number of nitrogens with one attached hydrogen (secondary N) is 2. The van der Waals surface area contributed by atoms with Gasteiger partial charge in [0.2, 0.25) is 0 Å². The van der Waals surface area contributed by atoms with E-state index in [1.807, 2.05) is 37.3 Å². The zero-order chi connectivity index (χ0) is 24.7. The fourth-order valence-electron chi connectivity index (χ4n) is 4.07. The van der Waals surface area contributed by atoms with E-state index in [0.29, 0.717) is 33.9 Å². The fourth-order valence-corrected chi connectivity index (χ4v) is 5.14. The molecule has 3 heterocycles. The predicted octanol–water partition coefficient (Wildman–Crippen LogP) is 4.12. The van der Waals surface area contributed by atoms with Crippen molar-refractivity contribution in [3.63, 3.8) is 0 Å². The summed E-state index contributed by atoms with van der Waals surface area (Å²) in [6.07, 6.45) is 0.990. The average molecular weight is 492 g/mol. The first-order valence-corrected chi connectivity index (χ1v) is 11.8. The van der Waals surface area contributed by atoms with E-state index >= 15 is 0 Å². The van der Waals surface area contributed by atoms with Crippen LogP contribution in [0.4, 0.5) is 9.18 Å². The molecule has 0 radical (unpaired) electrons. The Kier molecular flexibility index (Phi) is 5.60. The van der Waals surface area contributed by atoms with Crippen molar-refractivity contribution in [3.8, 4) is 5.69 Å². The number of nitrogens with zero attached hydrogens (tertiary/aromatic N) is 3. The molecule has 2 aromatic carbocycles. The minimum atomic E-state index is -1.12. The van der Waals surface area contributed by atoms with Gasteiger partial charge in [-0.05, 0) is 62.6 Å². The molecule has 0 bridgehead atoms. The zero-order valence-electron chi connectivity index (χ0n) is 19.0. The van der Waals surface area contributed by atoms with Gasteiger partial charge in [-0.25, -0.2) is 13.9 Å². The molecule has 1 saturated heterocycles. The summed E-state index contributed by atoms with van der Waals surface area (Å²) in [7, 11) is 0. The van der Waals surface area contributed by atoms with Crippen molar-refractivity contribution in [3.05, 3.63) is 82.6 Å². The summed E-state index contributed by atoms with van der Waals surface area (Å²) < 4.78 is 15.0. The molecule has 178 valence electrons. The highest BCUT2D eigenvalue weighted by Crippen LogP contribution is 2.31. The number of hydrogen-bond acceptors (Lipinski definition) is 5. The molecule has 4 aromatic rings. The minimum absolute atomic E-state index is 0.315. The van der Waals surface area contributed by atoms with Crippen LogP contribution in [-0.4, -0.2) is 38.2 Å². The van der Waals surface area contributed by atoms with Gasteiger partial charge in [0.25, 0.3) is 11.8 Å². The number of amides is 4. The van der Waals surface area contributed by atoms with E-state index < -0.39 is 23.4 Å². The Balaban J connectivity index is 1.34. The molecule has 1 aliphatic rings. The third-order valence-corrected chi connectivity index (χ3v) is 7.18. The van der Waals surface area contributed by atoms with Gasteiger partial charge in [0, 0.05) is 5.39 Å². The van der Waals surface area contributed by atoms with E-state index in [1.165, 1.54) is 23.5 Å². The molecular formula is C25H22FN5O3S. The first-order chi connectivity index (χ1) is 16.7. The number of carbonyl (C=O) groups excluding carboxylic acids is 3. The molecule has 0 saturated carbocycles. The molecule has 10 heteroatoms. The Morgan fingerprint density at radius 3 is 2.57 bits per heavy atom. The van der Waals surface area contributed by atoms with Gasteiger partial charge in [-0.3, -0.25) is 15.0 Å². The quantitative estimate of drug-likeness (QED) is 0.397. The Labute approximate surface area is 204 Å². The van der Waals surface area contributed by atoms with Gasteiger partial charge in [-0.1, -0.05) is 30.3 Å². The van der Waals surface area contributed by atoms with Crippen LogP contribution in [0.2, 0.25) is 0 Å². The number of halogens is 1. The molecular weight excluding hydrogens is 469 g/mol. The molecule has 0 spiro atoms. The summed E-state index contributed by atoms with van der Waals surface area (Å²) >= 11 is 1.17. The van der Waals surface area contributed by atoms with Crippen molar-refractivity contribution in [2.45, 2.75) is 32.2 Å².